The number of nitrogen functional groups attached to an aromatic ring is 1. The third kappa shape index (κ3) is 4.25. The first-order chi connectivity index (χ1) is 17.5. The Morgan fingerprint density at radius 3 is 2.86 bits per heavy atom. The van der Waals surface area contributed by atoms with Crippen LogP contribution in [0.4, 0.5) is 16.2 Å². The van der Waals surface area contributed by atoms with Crippen molar-refractivity contribution in [3.8, 4) is 0 Å². The topological polar surface area (TPSA) is 101 Å². The van der Waals surface area contributed by atoms with Gasteiger partial charge in [-0.25, -0.2) is 19.3 Å². The molecule has 4 heterocycles. The average Bonchev–Trinajstić information content (AvgIpc) is 3.30. The van der Waals surface area contributed by atoms with Gasteiger partial charge in [-0.3, -0.25) is 14.1 Å². The third-order valence-corrected chi connectivity index (χ3v) is 6.50. The van der Waals surface area contributed by atoms with Crippen LogP contribution in [0.1, 0.15) is 22.4 Å². The maximum atomic E-state index is 14.2. The van der Waals surface area contributed by atoms with E-state index < -0.39 is 5.82 Å². The van der Waals surface area contributed by atoms with Crippen LogP contribution >= 0.6 is 0 Å². The number of pyridine rings is 1. The van der Waals surface area contributed by atoms with E-state index in [2.05, 4.69) is 32.3 Å². The third-order valence-electron chi connectivity index (χ3n) is 6.50. The highest BCUT2D eigenvalue weighted by Gasteiger charge is 2.20. The van der Waals surface area contributed by atoms with Crippen molar-refractivity contribution in [1.29, 1.82) is 0 Å². The Morgan fingerprint density at radius 1 is 1.08 bits per heavy atom. The van der Waals surface area contributed by atoms with Gasteiger partial charge in [0.25, 0.3) is 0 Å². The first kappa shape index (κ1) is 22.1. The van der Waals surface area contributed by atoms with E-state index in [1.165, 1.54) is 17.2 Å². The summed E-state index contributed by atoms with van der Waals surface area (Å²) in [7, 11) is 0. The highest BCUT2D eigenvalue weighted by molar-refractivity contribution is 5.93. The summed E-state index contributed by atoms with van der Waals surface area (Å²) in [5, 5.41) is 3.47. The van der Waals surface area contributed by atoms with Crippen molar-refractivity contribution < 1.29 is 9.18 Å². The molecular weight excluding hydrogens is 457 g/mol. The monoisotopic (exact) mass is 481 g/mol. The van der Waals surface area contributed by atoms with E-state index >= 15 is 0 Å². The van der Waals surface area contributed by atoms with Gasteiger partial charge in [0.05, 0.1) is 12.1 Å². The molecule has 3 N–H and O–H groups in total. The van der Waals surface area contributed by atoms with Gasteiger partial charge in [-0.2, -0.15) is 0 Å². The summed E-state index contributed by atoms with van der Waals surface area (Å²) >= 11 is 0. The number of nitrogens with two attached hydrogens (primary N) is 1. The molecule has 5 aromatic rings. The molecule has 0 atom stereocenters. The van der Waals surface area contributed by atoms with Crippen molar-refractivity contribution in [1.82, 2.24) is 24.3 Å². The fourth-order valence-electron chi connectivity index (χ4n) is 4.80. The molecule has 2 aromatic carbocycles. The Labute approximate surface area is 206 Å². The van der Waals surface area contributed by atoms with Crippen molar-refractivity contribution in [3.05, 3.63) is 95.2 Å². The highest BCUT2D eigenvalue weighted by atomic mass is 19.1. The second kappa shape index (κ2) is 9.01. The number of benzene rings is 2. The quantitative estimate of drug-likeness (QED) is 0.397. The van der Waals surface area contributed by atoms with Crippen LogP contribution in [0, 0.1) is 5.82 Å². The standard InChI is InChI=1S/C27H24FN7O/c28-22-5-3-4-21-25(22)33-27(29)35-16-20(31-26(21)35)15-34-11-9-18-8-7-17(12-19(18)14-34)13-24(36)32-23-6-1-2-10-30-23/h1-8,10,12,16H,9,11,13-15H2,(H2,29,33)(H,30,32,36). The van der Waals surface area contributed by atoms with E-state index in [0.717, 1.165) is 30.8 Å². The maximum Gasteiger partial charge on any atom is 0.229 e. The molecule has 0 saturated carbocycles. The number of nitrogens with one attached hydrogen (secondary N) is 1. The van der Waals surface area contributed by atoms with Crippen molar-refractivity contribution in [2.45, 2.75) is 25.9 Å². The van der Waals surface area contributed by atoms with Crippen LogP contribution in [0.3, 0.4) is 0 Å². The summed E-state index contributed by atoms with van der Waals surface area (Å²) in [6, 6.07) is 16.5. The smallest absolute Gasteiger partial charge is 0.229 e. The molecule has 0 saturated heterocycles. The number of amides is 1. The second-order valence-electron chi connectivity index (χ2n) is 9.04. The lowest BCUT2D eigenvalue weighted by Crippen LogP contribution is -2.30. The van der Waals surface area contributed by atoms with Gasteiger partial charge in [0, 0.05) is 37.4 Å². The fourth-order valence-corrected chi connectivity index (χ4v) is 4.80. The minimum absolute atomic E-state index is 0.0964. The number of para-hydroxylation sites is 1. The molecule has 180 valence electrons. The first-order valence-corrected chi connectivity index (χ1v) is 11.8. The van der Waals surface area contributed by atoms with Crippen LogP contribution in [0.2, 0.25) is 0 Å². The molecule has 0 fully saturated rings. The molecule has 0 unspecified atom stereocenters. The summed E-state index contributed by atoms with van der Waals surface area (Å²) in [5.74, 6) is 0.244. The zero-order valence-corrected chi connectivity index (χ0v) is 19.5. The lowest BCUT2D eigenvalue weighted by atomic mass is 9.96. The summed E-state index contributed by atoms with van der Waals surface area (Å²) in [6.45, 7) is 2.27. The molecule has 3 aromatic heterocycles. The molecule has 36 heavy (non-hydrogen) atoms. The Morgan fingerprint density at radius 2 is 2.00 bits per heavy atom. The SMILES string of the molecule is Nc1nc2c(F)cccc2c2nc(CN3CCc4ccc(CC(=O)Nc5ccccn5)cc4C3)cn12. The normalized spacial score (nSPS) is 13.7. The van der Waals surface area contributed by atoms with Crippen LogP contribution in [-0.2, 0) is 30.7 Å². The van der Waals surface area contributed by atoms with Crippen molar-refractivity contribution in [2.24, 2.45) is 0 Å². The van der Waals surface area contributed by atoms with E-state index in [-0.39, 0.29) is 23.8 Å². The minimum Gasteiger partial charge on any atom is -0.369 e. The van der Waals surface area contributed by atoms with Crippen molar-refractivity contribution >= 4 is 34.2 Å². The Balaban J connectivity index is 1.19. The second-order valence-corrected chi connectivity index (χ2v) is 9.04. The molecule has 6 rings (SSSR count). The van der Waals surface area contributed by atoms with Crippen LogP contribution in [0.15, 0.2) is 67.0 Å². The molecule has 0 aliphatic carbocycles. The Bertz CT molecular complexity index is 1600. The summed E-state index contributed by atoms with van der Waals surface area (Å²) in [6.07, 6.45) is 4.72. The van der Waals surface area contributed by atoms with Gasteiger partial charge >= 0.3 is 0 Å². The number of hydrogen-bond acceptors (Lipinski definition) is 6. The van der Waals surface area contributed by atoms with Crippen LogP contribution in [0.25, 0.3) is 16.6 Å². The van der Waals surface area contributed by atoms with E-state index in [1.807, 2.05) is 24.4 Å². The largest absolute Gasteiger partial charge is 0.369 e. The molecule has 1 aliphatic heterocycles. The molecule has 1 amide bonds. The average molecular weight is 482 g/mol. The van der Waals surface area contributed by atoms with E-state index in [9.17, 15) is 9.18 Å². The summed E-state index contributed by atoms with van der Waals surface area (Å²) in [4.78, 5) is 27.9. The minimum atomic E-state index is -0.414. The van der Waals surface area contributed by atoms with Crippen LogP contribution in [0.5, 0.6) is 0 Å². The highest BCUT2D eigenvalue weighted by Crippen LogP contribution is 2.25. The number of fused-ring (bicyclic) bond motifs is 4. The number of anilines is 2. The predicted octanol–water partition coefficient (Wildman–Crippen LogP) is 3.74. The first-order valence-electron chi connectivity index (χ1n) is 11.8. The molecule has 0 radical (unpaired) electrons. The fraction of sp³-hybridized carbons (Fsp3) is 0.185. The van der Waals surface area contributed by atoms with Gasteiger partial charge in [0.1, 0.15) is 22.8 Å². The van der Waals surface area contributed by atoms with Crippen molar-refractivity contribution in [2.75, 3.05) is 17.6 Å². The number of imidazole rings is 1. The lowest BCUT2D eigenvalue weighted by Gasteiger charge is -2.28. The molecule has 8 nitrogen and oxygen atoms in total. The Hall–Kier alpha value is -4.37. The van der Waals surface area contributed by atoms with Gasteiger partial charge in [0.15, 0.2) is 0 Å². The van der Waals surface area contributed by atoms with Crippen LogP contribution < -0.4 is 11.1 Å². The number of carbonyl (C=O) groups is 1. The predicted molar refractivity (Wildman–Crippen MR) is 136 cm³/mol. The van der Waals surface area contributed by atoms with E-state index in [4.69, 9.17) is 10.7 Å². The van der Waals surface area contributed by atoms with Crippen LogP contribution in [-0.4, -0.2) is 36.7 Å². The maximum absolute atomic E-state index is 14.2. The zero-order chi connectivity index (χ0) is 24.6. The van der Waals surface area contributed by atoms with Crippen molar-refractivity contribution in [3.63, 3.8) is 0 Å². The Kier molecular flexibility index (Phi) is 5.54. The molecular formula is C27H24FN7O. The van der Waals surface area contributed by atoms with Gasteiger partial charge in [-0.05, 0) is 47.4 Å². The lowest BCUT2D eigenvalue weighted by molar-refractivity contribution is -0.115. The number of aromatic nitrogens is 4. The zero-order valence-electron chi connectivity index (χ0n) is 19.5. The number of nitrogens with zero attached hydrogens (tertiary/aromatic N) is 5. The molecule has 0 bridgehead atoms. The van der Waals surface area contributed by atoms with E-state index in [0.29, 0.717) is 23.4 Å². The molecule has 1 aliphatic rings. The van der Waals surface area contributed by atoms with E-state index in [1.54, 1.807) is 28.8 Å². The number of halogens is 1. The van der Waals surface area contributed by atoms with Gasteiger partial charge in [0.2, 0.25) is 11.9 Å². The summed E-state index contributed by atoms with van der Waals surface area (Å²) < 4.78 is 16.0. The number of hydrogen-bond donors (Lipinski definition) is 2. The number of carbonyl (C=O) groups excluding carboxylic acids is 1. The van der Waals surface area contributed by atoms with Gasteiger partial charge in [-0.15, -0.1) is 0 Å². The number of rotatable bonds is 5. The molecule has 9 heteroatoms. The van der Waals surface area contributed by atoms with Gasteiger partial charge in [-0.1, -0.05) is 30.3 Å². The van der Waals surface area contributed by atoms with Gasteiger partial charge < -0.3 is 11.1 Å². The summed E-state index contributed by atoms with van der Waals surface area (Å²) in [5.41, 5.74) is 11.2. The molecule has 0 spiro atoms.